The van der Waals surface area contributed by atoms with E-state index in [1.807, 2.05) is 7.05 Å². The maximum Gasteiger partial charge on any atom is 0.193 e. The molecular weight excluding hydrogens is 398 g/mol. The number of likely N-dealkylation sites (tertiary alicyclic amines) is 2. The van der Waals surface area contributed by atoms with E-state index in [1.54, 1.807) is 0 Å². The van der Waals surface area contributed by atoms with Gasteiger partial charge in [-0.25, -0.2) is 0 Å². The van der Waals surface area contributed by atoms with Gasteiger partial charge >= 0.3 is 0 Å². The Labute approximate surface area is 195 Å². The number of ether oxygens (including phenoxy) is 1. The second kappa shape index (κ2) is 12.6. The first-order chi connectivity index (χ1) is 15.8. The van der Waals surface area contributed by atoms with E-state index < -0.39 is 0 Å². The number of aliphatic imine (C=N–C) groups is 1. The van der Waals surface area contributed by atoms with Gasteiger partial charge in [0.25, 0.3) is 0 Å². The van der Waals surface area contributed by atoms with Crippen molar-refractivity contribution in [1.82, 2.24) is 20.0 Å². The first-order valence-electron chi connectivity index (χ1n) is 12.9. The molecule has 3 fully saturated rings. The highest BCUT2D eigenvalue weighted by Crippen LogP contribution is 2.22. The zero-order chi connectivity index (χ0) is 22.0. The van der Waals surface area contributed by atoms with E-state index >= 15 is 0 Å². The topological polar surface area (TPSA) is 43.3 Å². The monoisotopic (exact) mass is 441 g/mol. The molecule has 1 aromatic carbocycles. The zero-order valence-corrected chi connectivity index (χ0v) is 20.1. The summed E-state index contributed by atoms with van der Waals surface area (Å²) < 4.78 is 5.51. The smallest absolute Gasteiger partial charge is 0.193 e. The van der Waals surface area contributed by atoms with Gasteiger partial charge in [-0.2, -0.15) is 0 Å². The maximum atomic E-state index is 5.51. The molecule has 1 N–H and O–H groups in total. The quantitative estimate of drug-likeness (QED) is 0.382. The van der Waals surface area contributed by atoms with E-state index in [1.165, 1.54) is 63.7 Å². The van der Waals surface area contributed by atoms with Crippen LogP contribution in [0.25, 0.3) is 0 Å². The lowest BCUT2D eigenvalue weighted by Gasteiger charge is -2.32. The SMILES string of the molecule is CN=C(NCCCCN1CCC(Cc2ccccc2)CC1)N1CCC(N2CCOCC2)C1. The van der Waals surface area contributed by atoms with Crippen molar-refractivity contribution in [1.29, 1.82) is 0 Å². The Hall–Kier alpha value is -1.63. The third-order valence-electron chi connectivity index (χ3n) is 7.50. The summed E-state index contributed by atoms with van der Waals surface area (Å²) in [6.45, 7) is 10.9. The highest BCUT2D eigenvalue weighted by Gasteiger charge is 2.30. The summed E-state index contributed by atoms with van der Waals surface area (Å²) in [6, 6.07) is 11.7. The molecule has 0 radical (unpaired) electrons. The molecule has 3 saturated heterocycles. The molecule has 3 heterocycles. The molecule has 178 valence electrons. The molecule has 1 atom stereocenters. The summed E-state index contributed by atoms with van der Waals surface area (Å²) in [5.74, 6) is 1.95. The van der Waals surface area contributed by atoms with Crippen LogP contribution >= 0.6 is 0 Å². The maximum absolute atomic E-state index is 5.51. The van der Waals surface area contributed by atoms with Gasteiger partial charge in [-0.1, -0.05) is 30.3 Å². The summed E-state index contributed by atoms with van der Waals surface area (Å²) in [6.07, 6.45) is 7.66. The molecule has 3 aliphatic heterocycles. The van der Waals surface area contributed by atoms with E-state index in [-0.39, 0.29) is 0 Å². The van der Waals surface area contributed by atoms with Crippen LogP contribution in [0.4, 0.5) is 0 Å². The van der Waals surface area contributed by atoms with Gasteiger partial charge in [0.1, 0.15) is 0 Å². The second-order valence-electron chi connectivity index (χ2n) is 9.69. The highest BCUT2D eigenvalue weighted by molar-refractivity contribution is 5.80. The van der Waals surface area contributed by atoms with E-state index in [0.717, 1.165) is 57.8 Å². The van der Waals surface area contributed by atoms with Gasteiger partial charge in [0, 0.05) is 45.8 Å². The lowest BCUT2D eigenvalue weighted by molar-refractivity contribution is 0.0195. The molecule has 1 aromatic rings. The van der Waals surface area contributed by atoms with Gasteiger partial charge in [-0.15, -0.1) is 0 Å². The van der Waals surface area contributed by atoms with Crippen LogP contribution in [-0.4, -0.2) is 99.3 Å². The third-order valence-corrected chi connectivity index (χ3v) is 7.50. The van der Waals surface area contributed by atoms with E-state index in [2.05, 4.69) is 55.3 Å². The number of nitrogens with one attached hydrogen (secondary N) is 1. The lowest BCUT2D eigenvalue weighted by Crippen LogP contribution is -2.46. The number of rotatable bonds is 8. The van der Waals surface area contributed by atoms with Crippen molar-refractivity contribution >= 4 is 5.96 Å². The summed E-state index contributed by atoms with van der Waals surface area (Å²) in [7, 11) is 1.92. The largest absolute Gasteiger partial charge is 0.379 e. The predicted octanol–water partition coefficient (Wildman–Crippen LogP) is 2.70. The summed E-state index contributed by atoms with van der Waals surface area (Å²) >= 11 is 0. The van der Waals surface area contributed by atoms with E-state index in [4.69, 9.17) is 4.74 Å². The van der Waals surface area contributed by atoms with Crippen LogP contribution in [0.5, 0.6) is 0 Å². The van der Waals surface area contributed by atoms with E-state index in [0.29, 0.717) is 6.04 Å². The molecule has 6 nitrogen and oxygen atoms in total. The molecule has 0 spiro atoms. The van der Waals surface area contributed by atoms with Gasteiger partial charge in [-0.05, 0) is 69.6 Å². The van der Waals surface area contributed by atoms with Crippen molar-refractivity contribution in [2.24, 2.45) is 10.9 Å². The van der Waals surface area contributed by atoms with Gasteiger partial charge in [0.2, 0.25) is 0 Å². The van der Waals surface area contributed by atoms with Crippen LogP contribution in [0.2, 0.25) is 0 Å². The second-order valence-corrected chi connectivity index (χ2v) is 9.69. The third kappa shape index (κ3) is 6.93. The average Bonchev–Trinajstić information content (AvgIpc) is 3.34. The fourth-order valence-electron chi connectivity index (χ4n) is 5.53. The average molecular weight is 442 g/mol. The Balaban J connectivity index is 1.07. The fraction of sp³-hybridized carbons (Fsp3) is 0.731. The van der Waals surface area contributed by atoms with Crippen LogP contribution in [0.3, 0.4) is 0 Å². The van der Waals surface area contributed by atoms with Gasteiger partial charge in [0.15, 0.2) is 5.96 Å². The molecule has 4 rings (SSSR count). The molecular formula is C26H43N5O. The number of hydrogen-bond acceptors (Lipinski definition) is 4. The summed E-state index contributed by atoms with van der Waals surface area (Å²) in [5.41, 5.74) is 1.50. The Morgan fingerprint density at radius 1 is 1.00 bits per heavy atom. The number of benzene rings is 1. The summed E-state index contributed by atoms with van der Waals surface area (Å²) in [5, 5.41) is 3.62. The van der Waals surface area contributed by atoms with Crippen molar-refractivity contribution in [2.45, 2.75) is 44.6 Å². The first kappa shape index (κ1) is 23.5. The van der Waals surface area contributed by atoms with Crippen LogP contribution in [-0.2, 0) is 11.2 Å². The molecule has 0 saturated carbocycles. The fourth-order valence-corrected chi connectivity index (χ4v) is 5.53. The highest BCUT2D eigenvalue weighted by atomic mass is 16.5. The van der Waals surface area contributed by atoms with Crippen molar-refractivity contribution < 1.29 is 4.74 Å². The van der Waals surface area contributed by atoms with Gasteiger partial charge in [0.05, 0.1) is 13.2 Å². The number of guanidine groups is 1. The summed E-state index contributed by atoms with van der Waals surface area (Å²) in [4.78, 5) is 12.3. The lowest BCUT2D eigenvalue weighted by atomic mass is 9.90. The van der Waals surface area contributed by atoms with Gasteiger partial charge < -0.3 is 19.9 Å². The zero-order valence-electron chi connectivity index (χ0n) is 20.1. The Bertz CT molecular complexity index is 683. The molecule has 1 unspecified atom stereocenters. The molecule has 0 aliphatic carbocycles. The van der Waals surface area contributed by atoms with Gasteiger partial charge in [-0.3, -0.25) is 9.89 Å². The standard InChI is InChI=1S/C26H43N5O/c1-27-26(31-16-11-25(22-31)30-17-19-32-20-18-30)28-12-5-6-13-29-14-9-24(10-15-29)21-23-7-3-2-4-8-23/h2-4,7-8,24-25H,5-6,9-22H2,1H3,(H,27,28). The molecule has 3 aliphatic rings. The van der Waals surface area contributed by atoms with Crippen molar-refractivity contribution in [2.75, 3.05) is 72.6 Å². The first-order valence-corrected chi connectivity index (χ1v) is 12.9. The number of nitrogens with zero attached hydrogens (tertiary/aromatic N) is 4. The number of morpholine rings is 1. The predicted molar refractivity (Wildman–Crippen MR) is 132 cm³/mol. The van der Waals surface area contributed by atoms with E-state index in [9.17, 15) is 0 Å². The minimum atomic E-state index is 0.655. The Morgan fingerprint density at radius 3 is 2.53 bits per heavy atom. The number of unbranched alkanes of at least 4 members (excludes halogenated alkanes) is 1. The molecule has 0 aromatic heterocycles. The minimum Gasteiger partial charge on any atom is -0.379 e. The van der Waals surface area contributed by atoms with Crippen molar-refractivity contribution in [3.63, 3.8) is 0 Å². The Kier molecular flexibility index (Phi) is 9.24. The van der Waals surface area contributed by atoms with Crippen LogP contribution in [0.1, 0.15) is 37.7 Å². The Morgan fingerprint density at radius 2 is 1.78 bits per heavy atom. The number of hydrogen-bond donors (Lipinski definition) is 1. The van der Waals surface area contributed by atoms with Crippen LogP contribution in [0.15, 0.2) is 35.3 Å². The van der Waals surface area contributed by atoms with Crippen LogP contribution in [0, 0.1) is 5.92 Å². The van der Waals surface area contributed by atoms with Crippen molar-refractivity contribution in [3.8, 4) is 0 Å². The van der Waals surface area contributed by atoms with Crippen molar-refractivity contribution in [3.05, 3.63) is 35.9 Å². The molecule has 6 heteroatoms. The normalized spacial score (nSPS) is 24.2. The number of piperidine rings is 1. The molecule has 0 amide bonds. The minimum absolute atomic E-state index is 0.655. The molecule has 32 heavy (non-hydrogen) atoms. The molecule has 0 bridgehead atoms. The van der Waals surface area contributed by atoms with Crippen LogP contribution < -0.4 is 5.32 Å².